The van der Waals surface area contributed by atoms with Gasteiger partial charge in [0.25, 0.3) is 0 Å². The van der Waals surface area contributed by atoms with Gasteiger partial charge in [0.05, 0.1) is 0 Å². The van der Waals surface area contributed by atoms with Crippen LogP contribution in [0.5, 0.6) is 0 Å². The second-order valence-corrected chi connectivity index (χ2v) is 6.24. The average molecular weight is 294 g/mol. The van der Waals surface area contributed by atoms with Crippen molar-refractivity contribution < 1.29 is 0 Å². The standard InChI is InChI=1S/C20H26N2/c1-3-19(17-10-6-4-7-11-17)22-15-14-21(2)20(16-22)18-12-8-5-9-13-18/h4-13,19-20H,3,14-16H2,1-2H3. The number of likely N-dealkylation sites (N-methyl/N-ethyl adjacent to an activating group) is 1. The van der Waals surface area contributed by atoms with Gasteiger partial charge in [0, 0.05) is 31.7 Å². The van der Waals surface area contributed by atoms with Crippen molar-refractivity contribution in [2.75, 3.05) is 26.7 Å². The van der Waals surface area contributed by atoms with Crippen molar-refractivity contribution in [3.05, 3.63) is 71.8 Å². The van der Waals surface area contributed by atoms with Gasteiger partial charge in [-0.05, 0) is 24.6 Å². The highest BCUT2D eigenvalue weighted by atomic mass is 15.3. The molecule has 1 fully saturated rings. The van der Waals surface area contributed by atoms with E-state index in [4.69, 9.17) is 0 Å². The Labute approximate surface area is 134 Å². The van der Waals surface area contributed by atoms with Crippen molar-refractivity contribution in [2.45, 2.75) is 25.4 Å². The summed E-state index contributed by atoms with van der Waals surface area (Å²) >= 11 is 0. The first-order chi connectivity index (χ1) is 10.8. The molecule has 116 valence electrons. The Balaban J connectivity index is 1.80. The van der Waals surface area contributed by atoms with E-state index in [1.165, 1.54) is 11.1 Å². The Morgan fingerprint density at radius 2 is 1.59 bits per heavy atom. The zero-order valence-corrected chi connectivity index (χ0v) is 13.7. The number of rotatable bonds is 4. The van der Waals surface area contributed by atoms with Crippen LogP contribution in [0.2, 0.25) is 0 Å². The molecule has 1 aliphatic heterocycles. The van der Waals surface area contributed by atoms with E-state index in [0.717, 1.165) is 26.1 Å². The Hall–Kier alpha value is -1.64. The molecule has 2 heteroatoms. The van der Waals surface area contributed by atoms with E-state index in [9.17, 15) is 0 Å². The van der Waals surface area contributed by atoms with Crippen LogP contribution in [0.4, 0.5) is 0 Å². The first kappa shape index (κ1) is 15.3. The molecule has 22 heavy (non-hydrogen) atoms. The molecule has 0 aromatic heterocycles. The topological polar surface area (TPSA) is 6.48 Å². The van der Waals surface area contributed by atoms with Crippen LogP contribution in [0, 0.1) is 0 Å². The summed E-state index contributed by atoms with van der Waals surface area (Å²) in [7, 11) is 2.25. The summed E-state index contributed by atoms with van der Waals surface area (Å²) in [6, 6.07) is 22.9. The molecule has 0 bridgehead atoms. The van der Waals surface area contributed by atoms with Gasteiger partial charge in [-0.25, -0.2) is 0 Å². The zero-order chi connectivity index (χ0) is 15.4. The largest absolute Gasteiger partial charge is 0.297 e. The van der Waals surface area contributed by atoms with Crippen molar-refractivity contribution in [3.63, 3.8) is 0 Å². The van der Waals surface area contributed by atoms with Gasteiger partial charge in [-0.3, -0.25) is 9.80 Å². The number of benzene rings is 2. The van der Waals surface area contributed by atoms with Crippen molar-refractivity contribution in [3.8, 4) is 0 Å². The van der Waals surface area contributed by atoms with E-state index in [0.29, 0.717) is 12.1 Å². The smallest absolute Gasteiger partial charge is 0.0472 e. The lowest BCUT2D eigenvalue weighted by Gasteiger charge is -2.43. The molecule has 1 saturated heterocycles. The quantitative estimate of drug-likeness (QED) is 0.836. The summed E-state index contributed by atoms with van der Waals surface area (Å²) in [5, 5.41) is 0. The molecular weight excluding hydrogens is 268 g/mol. The Bertz CT molecular complexity index is 529. The predicted octanol–water partition coefficient (Wildman–Crippen LogP) is 4.13. The highest BCUT2D eigenvalue weighted by molar-refractivity contribution is 5.22. The molecule has 0 saturated carbocycles. The van der Waals surface area contributed by atoms with Crippen LogP contribution in [-0.2, 0) is 0 Å². The average Bonchev–Trinajstić information content (AvgIpc) is 2.59. The Morgan fingerprint density at radius 1 is 0.955 bits per heavy atom. The molecule has 2 unspecified atom stereocenters. The molecule has 2 aromatic carbocycles. The first-order valence-corrected chi connectivity index (χ1v) is 8.33. The summed E-state index contributed by atoms with van der Waals surface area (Å²) in [5.74, 6) is 0. The monoisotopic (exact) mass is 294 g/mol. The number of hydrogen-bond donors (Lipinski definition) is 0. The fourth-order valence-electron chi connectivity index (χ4n) is 3.59. The van der Waals surface area contributed by atoms with Gasteiger partial charge in [-0.2, -0.15) is 0 Å². The summed E-state index contributed by atoms with van der Waals surface area (Å²) in [6.07, 6.45) is 1.16. The lowest BCUT2D eigenvalue weighted by molar-refractivity contribution is 0.0618. The van der Waals surface area contributed by atoms with Crippen molar-refractivity contribution >= 4 is 0 Å². The summed E-state index contributed by atoms with van der Waals surface area (Å²) < 4.78 is 0. The second-order valence-electron chi connectivity index (χ2n) is 6.24. The van der Waals surface area contributed by atoms with Crippen LogP contribution in [0.3, 0.4) is 0 Å². The third-order valence-corrected chi connectivity index (χ3v) is 4.88. The van der Waals surface area contributed by atoms with E-state index in [2.05, 4.69) is 84.4 Å². The van der Waals surface area contributed by atoms with Gasteiger partial charge in [0.2, 0.25) is 0 Å². The third-order valence-electron chi connectivity index (χ3n) is 4.88. The van der Waals surface area contributed by atoms with E-state index < -0.39 is 0 Å². The summed E-state index contributed by atoms with van der Waals surface area (Å²) in [4.78, 5) is 5.15. The van der Waals surface area contributed by atoms with E-state index >= 15 is 0 Å². The molecule has 1 aliphatic rings. The molecule has 0 amide bonds. The highest BCUT2D eigenvalue weighted by Crippen LogP contribution is 2.31. The van der Waals surface area contributed by atoms with Gasteiger partial charge in [0.1, 0.15) is 0 Å². The SMILES string of the molecule is CCC(c1ccccc1)N1CCN(C)C(c2ccccc2)C1. The lowest BCUT2D eigenvalue weighted by Crippen LogP contribution is -2.47. The maximum Gasteiger partial charge on any atom is 0.0472 e. The summed E-state index contributed by atoms with van der Waals surface area (Å²) in [6.45, 7) is 5.68. The van der Waals surface area contributed by atoms with Gasteiger partial charge < -0.3 is 0 Å². The molecule has 0 aliphatic carbocycles. The highest BCUT2D eigenvalue weighted by Gasteiger charge is 2.29. The van der Waals surface area contributed by atoms with Crippen molar-refractivity contribution in [1.29, 1.82) is 0 Å². The maximum absolute atomic E-state index is 2.66. The third kappa shape index (κ3) is 3.23. The number of piperazine rings is 1. The molecule has 2 atom stereocenters. The fourth-order valence-corrected chi connectivity index (χ4v) is 3.59. The van der Waals surface area contributed by atoms with Crippen LogP contribution in [0.25, 0.3) is 0 Å². The maximum atomic E-state index is 2.66. The Morgan fingerprint density at radius 3 is 2.23 bits per heavy atom. The van der Waals surface area contributed by atoms with E-state index in [1.54, 1.807) is 0 Å². The van der Waals surface area contributed by atoms with Gasteiger partial charge in [-0.1, -0.05) is 67.6 Å². The molecule has 3 rings (SSSR count). The summed E-state index contributed by atoms with van der Waals surface area (Å²) in [5.41, 5.74) is 2.87. The molecular formula is C20H26N2. The molecule has 2 aromatic rings. The molecule has 0 radical (unpaired) electrons. The molecule has 2 nitrogen and oxygen atoms in total. The molecule has 1 heterocycles. The van der Waals surface area contributed by atoms with E-state index in [-0.39, 0.29) is 0 Å². The molecule has 0 spiro atoms. The minimum absolute atomic E-state index is 0.493. The van der Waals surface area contributed by atoms with Gasteiger partial charge in [0.15, 0.2) is 0 Å². The van der Waals surface area contributed by atoms with Gasteiger partial charge >= 0.3 is 0 Å². The minimum Gasteiger partial charge on any atom is -0.297 e. The number of nitrogens with zero attached hydrogens (tertiary/aromatic N) is 2. The number of hydrogen-bond acceptors (Lipinski definition) is 2. The van der Waals surface area contributed by atoms with Crippen LogP contribution < -0.4 is 0 Å². The fraction of sp³-hybridized carbons (Fsp3) is 0.400. The van der Waals surface area contributed by atoms with Crippen LogP contribution >= 0.6 is 0 Å². The molecule has 0 N–H and O–H groups in total. The Kier molecular flexibility index (Phi) is 4.91. The first-order valence-electron chi connectivity index (χ1n) is 8.33. The van der Waals surface area contributed by atoms with Crippen LogP contribution in [0.1, 0.15) is 36.6 Å². The van der Waals surface area contributed by atoms with Crippen molar-refractivity contribution in [1.82, 2.24) is 9.80 Å². The lowest BCUT2D eigenvalue weighted by atomic mass is 9.98. The van der Waals surface area contributed by atoms with Gasteiger partial charge in [-0.15, -0.1) is 0 Å². The van der Waals surface area contributed by atoms with Crippen LogP contribution in [-0.4, -0.2) is 36.5 Å². The minimum atomic E-state index is 0.493. The van der Waals surface area contributed by atoms with Crippen molar-refractivity contribution in [2.24, 2.45) is 0 Å². The second kappa shape index (κ2) is 7.08. The van der Waals surface area contributed by atoms with Crippen LogP contribution in [0.15, 0.2) is 60.7 Å². The normalized spacial score (nSPS) is 21.6. The zero-order valence-electron chi connectivity index (χ0n) is 13.7. The predicted molar refractivity (Wildman–Crippen MR) is 92.9 cm³/mol. The van der Waals surface area contributed by atoms with E-state index in [1.807, 2.05) is 0 Å².